The van der Waals surface area contributed by atoms with E-state index in [1.54, 1.807) is 12.1 Å². The average Bonchev–Trinajstić information content (AvgIpc) is 2.77. The Hall–Kier alpha value is -1.50. The van der Waals surface area contributed by atoms with Crippen LogP contribution in [0.4, 0.5) is 4.79 Å². The summed E-state index contributed by atoms with van der Waals surface area (Å²) >= 11 is 0. The number of rotatable bonds is 3. The second kappa shape index (κ2) is 5.43. The van der Waals surface area contributed by atoms with Crippen molar-refractivity contribution in [1.29, 1.82) is 0 Å². The minimum absolute atomic E-state index is 0.0289. The van der Waals surface area contributed by atoms with Crippen molar-refractivity contribution < 1.29 is 17.6 Å². The van der Waals surface area contributed by atoms with Crippen LogP contribution in [-0.2, 0) is 16.4 Å². The van der Waals surface area contributed by atoms with E-state index >= 15 is 0 Å². The summed E-state index contributed by atoms with van der Waals surface area (Å²) in [5.74, 6) is 0.904. The third-order valence-electron chi connectivity index (χ3n) is 2.80. The summed E-state index contributed by atoms with van der Waals surface area (Å²) in [5, 5.41) is 5.29. The lowest BCUT2D eigenvalue weighted by Gasteiger charge is -2.22. The Bertz CT molecular complexity index is 495. The average molecular weight is 272 g/mol. The monoisotopic (exact) mass is 272 g/mol. The Balaban J connectivity index is 1.77. The van der Waals surface area contributed by atoms with Gasteiger partial charge in [0.05, 0.1) is 24.3 Å². The van der Waals surface area contributed by atoms with E-state index in [-0.39, 0.29) is 30.1 Å². The molecule has 1 aromatic heterocycles. The van der Waals surface area contributed by atoms with Crippen LogP contribution in [0.2, 0.25) is 0 Å². The highest BCUT2D eigenvalue weighted by Gasteiger charge is 2.25. The van der Waals surface area contributed by atoms with Crippen molar-refractivity contribution >= 4 is 15.9 Å². The Morgan fingerprint density at radius 3 is 3.00 bits per heavy atom. The van der Waals surface area contributed by atoms with E-state index in [2.05, 4.69) is 10.6 Å². The minimum atomic E-state index is -3.00. The number of amides is 2. The molecule has 1 atom stereocenters. The molecule has 1 saturated heterocycles. The van der Waals surface area contributed by atoms with Gasteiger partial charge in [0.1, 0.15) is 5.76 Å². The van der Waals surface area contributed by atoms with Gasteiger partial charge in [-0.2, -0.15) is 0 Å². The number of sulfone groups is 1. The maximum atomic E-state index is 11.6. The first-order chi connectivity index (χ1) is 8.55. The molecule has 1 aliphatic heterocycles. The van der Waals surface area contributed by atoms with Crippen molar-refractivity contribution in [2.45, 2.75) is 25.4 Å². The largest absolute Gasteiger partial charge is 0.467 e. The van der Waals surface area contributed by atoms with Gasteiger partial charge in [-0.1, -0.05) is 0 Å². The SMILES string of the molecule is O=C(NCc1ccco1)NC1CCCS(=O)(=O)C1. The van der Waals surface area contributed by atoms with Crippen LogP contribution in [-0.4, -0.2) is 32.0 Å². The van der Waals surface area contributed by atoms with Gasteiger partial charge in [-0.15, -0.1) is 0 Å². The van der Waals surface area contributed by atoms with Crippen LogP contribution in [0.15, 0.2) is 22.8 Å². The highest BCUT2D eigenvalue weighted by atomic mass is 32.2. The topological polar surface area (TPSA) is 88.4 Å². The van der Waals surface area contributed by atoms with Crippen LogP contribution in [0, 0.1) is 0 Å². The second-order valence-electron chi connectivity index (χ2n) is 4.36. The number of urea groups is 1. The molecule has 0 aliphatic carbocycles. The molecule has 0 aromatic carbocycles. The molecule has 0 bridgehead atoms. The predicted molar refractivity (Wildman–Crippen MR) is 65.8 cm³/mol. The van der Waals surface area contributed by atoms with Crippen LogP contribution in [0.3, 0.4) is 0 Å². The van der Waals surface area contributed by atoms with E-state index in [9.17, 15) is 13.2 Å². The molecule has 18 heavy (non-hydrogen) atoms. The Labute approximate surface area is 106 Å². The number of hydrogen-bond acceptors (Lipinski definition) is 4. The molecule has 2 amide bonds. The minimum Gasteiger partial charge on any atom is -0.467 e. The molecule has 1 aliphatic rings. The zero-order chi connectivity index (χ0) is 13.0. The van der Waals surface area contributed by atoms with Crippen molar-refractivity contribution in [1.82, 2.24) is 10.6 Å². The first-order valence-electron chi connectivity index (χ1n) is 5.82. The lowest BCUT2D eigenvalue weighted by molar-refractivity contribution is 0.235. The van der Waals surface area contributed by atoms with Gasteiger partial charge >= 0.3 is 6.03 Å². The van der Waals surface area contributed by atoms with E-state index in [0.29, 0.717) is 18.6 Å². The molecular weight excluding hydrogens is 256 g/mol. The molecule has 1 fully saturated rings. The van der Waals surface area contributed by atoms with Crippen molar-refractivity contribution in [3.05, 3.63) is 24.2 Å². The molecule has 100 valence electrons. The fraction of sp³-hybridized carbons (Fsp3) is 0.545. The molecule has 1 aromatic rings. The first kappa shape index (κ1) is 12.9. The van der Waals surface area contributed by atoms with E-state index in [1.165, 1.54) is 6.26 Å². The molecule has 7 heteroatoms. The van der Waals surface area contributed by atoms with Crippen molar-refractivity contribution in [3.63, 3.8) is 0 Å². The Kier molecular flexibility index (Phi) is 3.90. The highest BCUT2D eigenvalue weighted by Crippen LogP contribution is 2.11. The standard InChI is InChI=1S/C11H16N2O4S/c14-11(12-7-10-4-1-5-17-10)13-9-3-2-6-18(15,16)8-9/h1,4-5,9H,2-3,6-8H2,(H2,12,13,14). The van der Waals surface area contributed by atoms with Crippen molar-refractivity contribution in [2.24, 2.45) is 0 Å². The van der Waals surface area contributed by atoms with Gasteiger partial charge in [-0.05, 0) is 25.0 Å². The third kappa shape index (κ3) is 3.76. The summed E-state index contributed by atoms with van der Waals surface area (Å²) in [4.78, 5) is 11.6. The van der Waals surface area contributed by atoms with Crippen LogP contribution in [0.1, 0.15) is 18.6 Å². The van der Waals surface area contributed by atoms with Gasteiger partial charge in [0, 0.05) is 6.04 Å². The summed E-state index contributed by atoms with van der Waals surface area (Å²) in [6.45, 7) is 0.290. The molecule has 2 heterocycles. The molecule has 1 unspecified atom stereocenters. The van der Waals surface area contributed by atoms with Crippen LogP contribution in [0.5, 0.6) is 0 Å². The zero-order valence-corrected chi connectivity index (χ0v) is 10.7. The van der Waals surface area contributed by atoms with Gasteiger partial charge in [-0.25, -0.2) is 13.2 Å². The zero-order valence-electron chi connectivity index (χ0n) is 9.89. The number of hydrogen-bond donors (Lipinski definition) is 2. The first-order valence-corrected chi connectivity index (χ1v) is 7.64. The van der Waals surface area contributed by atoms with Crippen LogP contribution >= 0.6 is 0 Å². The van der Waals surface area contributed by atoms with Crippen LogP contribution < -0.4 is 10.6 Å². The highest BCUT2D eigenvalue weighted by molar-refractivity contribution is 7.91. The van der Waals surface area contributed by atoms with E-state index in [4.69, 9.17) is 4.42 Å². The quantitative estimate of drug-likeness (QED) is 0.846. The summed E-state index contributed by atoms with van der Waals surface area (Å²) in [6.07, 6.45) is 2.83. The molecule has 2 rings (SSSR count). The lowest BCUT2D eigenvalue weighted by Crippen LogP contribution is -2.47. The summed E-state index contributed by atoms with van der Waals surface area (Å²) in [6, 6.07) is 2.84. The van der Waals surface area contributed by atoms with E-state index < -0.39 is 9.84 Å². The predicted octanol–water partition coefficient (Wildman–Crippen LogP) is 0.656. The van der Waals surface area contributed by atoms with Gasteiger partial charge in [-0.3, -0.25) is 0 Å². The van der Waals surface area contributed by atoms with Crippen LogP contribution in [0.25, 0.3) is 0 Å². The fourth-order valence-corrected chi connectivity index (χ4v) is 3.59. The smallest absolute Gasteiger partial charge is 0.315 e. The van der Waals surface area contributed by atoms with Crippen molar-refractivity contribution in [2.75, 3.05) is 11.5 Å². The number of furan rings is 1. The normalized spacial score (nSPS) is 22.3. The molecule has 2 N–H and O–H groups in total. The van der Waals surface area contributed by atoms with E-state index in [1.807, 2.05) is 0 Å². The Morgan fingerprint density at radius 1 is 1.50 bits per heavy atom. The molecular formula is C11H16N2O4S. The van der Waals surface area contributed by atoms with Gasteiger partial charge < -0.3 is 15.1 Å². The maximum Gasteiger partial charge on any atom is 0.315 e. The Morgan fingerprint density at radius 2 is 2.33 bits per heavy atom. The molecule has 0 saturated carbocycles. The summed E-state index contributed by atoms with van der Waals surface area (Å²) in [7, 11) is -3.00. The molecule has 0 radical (unpaired) electrons. The lowest BCUT2D eigenvalue weighted by atomic mass is 10.2. The molecule has 6 nitrogen and oxygen atoms in total. The second-order valence-corrected chi connectivity index (χ2v) is 6.59. The maximum absolute atomic E-state index is 11.6. The molecule has 0 spiro atoms. The fourth-order valence-electron chi connectivity index (χ4n) is 1.95. The van der Waals surface area contributed by atoms with E-state index in [0.717, 1.165) is 0 Å². The van der Waals surface area contributed by atoms with Gasteiger partial charge in [0.25, 0.3) is 0 Å². The van der Waals surface area contributed by atoms with Crippen molar-refractivity contribution in [3.8, 4) is 0 Å². The van der Waals surface area contributed by atoms with Gasteiger partial charge in [0.2, 0.25) is 0 Å². The number of nitrogens with one attached hydrogen (secondary N) is 2. The summed E-state index contributed by atoms with van der Waals surface area (Å²) < 4.78 is 27.9. The number of carbonyl (C=O) groups is 1. The third-order valence-corrected chi connectivity index (χ3v) is 4.62. The summed E-state index contributed by atoms with van der Waals surface area (Å²) in [5.41, 5.74) is 0. The number of carbonyl (C=O) groups excluding carboxylic acids is 1. The van der Waals surface area contributed by atoms with Gasteiger partial charge in [0.15, 0.2) is 9.84 Å².